The number of nitrogens with one attached hydrogen (secondary N) is 2. The van der Waals surface area contributed by atoms with Gasteiger partial charge in [-0.2, -0.15) is 0 Å². The molecule has 0 aromatic heterocycles. The van der Waals surface area contributed by atoms with Crippen LogP contribution < -0.4 is 10.6 Å². The van der Waals surface area contributed by atoms with Crippen molar-refractivity contribution in [2.45, 2.75) is 32.4 Å². The Kier molecular flexibility index (Phi) is 5.98. The standard InChI is InChI=1S/C21H24N2O4/c1-13(2)9-17(22-18-11-27-12-19(18)24)21(26)23-20(25)16-8-7-14-5-3-4-6-15(14)10-16/h3-8,10,13,17-18,22H,9,11-12H2,1-2H3,(H,23,25,26)/t17-,18-/m0/s1. The van der Waals surface area contributed by atoms with E-state index in [2.05, 4.69) is 10.6 Å². The van der Waals surface area contributed by atoms with Crippen molar-refractivity contribution in [3.8, 4) is 0 Å². The van der Waals surface area contributed by atoms with Gasteiger partial charge in [-0.05, 0) is 35.2 Å². The molecular weight excluding hydrogens is 344 g/mol. The summed E-state index contributed by atoms with van der Waals surface area (Å²) in [7, 11) is 0. The molecule has 2 aromatic carbocycles. The van der Waals surface area contributed by atoms with Crippen LogP contribution in [0.2, 0.25) is 0 Å². The maximum absolute atomic E-state index is 12.7. The number of Topliss-reactive ketones (excluding diaryl/α,β-unsaturated/α-hetero) is 1. The van der Waals surface area contributed by atoms with E-state index in [1.165, 1.54) is 0 Å². The summed E-state index contributed by atoms with van der Waals surface area (Å²) >= 11 is 0. The third-order valence-electron chi connectivity index (χ3n) is 4.59. The summed E-state index contributed by atoms with van der Waals surface area (Å²) in [6.45, 7) is 4.28. The van der Waals surface area contributed by atoms with Crippen molar-refractivity contribution in [2.75, 3.05) is 13.2 Å². The number of ketones is 1. The van der Waals surface area contributed by atoms with Gasteiger partial charge in [-0.25, -0.2) is 0 Å². The predicted molar refractivity (Wildman–Crippen MR) is 102 cm³/mol. The van der Waals surface area contributed by atoms with E-state index in [0.29, 0.717) is 12.0 Å². The molecule has 1 aliphatic rings. The summed E-state index contributed by atoms with van der Waals surface area (Å²) in [6.07, 6.45) is 0.514. The van der Waals surface area contributed by atoms with Crippen LogP contribution in [0.4, 0.5) is 0 Å². The zero-order valence-electron chi connectivity index (χ0n) is 15.5. The lowest BCUT2D eigenvalue weighted by molar-refractivity contribution is -0.123. The van der Waals surface area contributed by atoms with Gasteiger partial charge in [0.05, 0.1) is 18.7 Å². The Hall–Kier alpha value is -2.57. The Bertz CT molecular complexity index is 862. The molecule has 6 nitrogen and oxygen atoms in total. The van der Waals surface area contributed by atoms with Gasteiger partial charge < -0.3 is 4.74 Å². The molecule has 0 radical (unpaired) electrons. The molecule has 2 N–H and O–H groups in total. The van der Waals surface area contributed by atoms with Crippen LogP contribution in [0.15, 0.2) is 42.5 Å². The fraction of sp³-hybridized carbons (Fsp3) is 0.381. The number of hydrogen-bond acceptors (Lipinski definition) is 5. The maximum atomic E-state index is 12.7. The molecular formula is C21H24N2O4. The monoisotopic (exact) mass is 368 g/mol. The van der Waals surface area contributed by atoms with Crippen LogP contribution in [-0.4, -0.2) is 42.9 Å². The largest absolute Gasteiger partial charge is 0.372 e. The minimum absolute atomic E-state index is 0.0592. The average Bonchev–Trinajstić information content (AvgIpc) is 3.05. The first kappa shape index (κ1) is 19.2. The second kappa shape index (κ2) is 8.41. The molecule has 1 saturated heterocycles. The summed E-state index contributed by atoms with van der Waals surface area (Å²) in [5, 5.41) is 7.47. The molecule has 1 fully saturated rings. The van der Waals surface area contributed by atoms with Crippen LogP contribution in [0.3, 0.4) is 0 Å². The van der Waals surface area contributed by atoms with E-state index in [9.17, 15) is 14.4 Å². The van der Waals surface area contributed by atoms with Crippen LogP contribution >= 0.6 is 0 Å². The Morgan fingerprint density at radius 2 is 1.89 bits per heavy atom. The highest BCUT2D eigenvalue weighted by molar-refractivity contribution is 6.07. The molecule has 142 valence electrons. The fourth-order valence-corrected chi connectivity index (χ4v) is 3.18. The van der Waals surface area contributed by atoms with Gasteiger partial charge in [-0.3, -0.25) is 25.0 Å². The van der Waals surface area contributed by atoms with Crippen molar-refractivity contribution in [3.05, 3.63) is 48.0 Å². The first-order chi connectivity index (χ1) is 12.9. The summed E-state index contributed by atoms with van der Waals surface area (Å²) in [5.74, 6) is -0.726. The van der Waals surface area contributed by atoms with Gasteiger partial charge in [0.25, 0.3) is 5.91 Å². The van der Waals surface area contributed by atoms with Crippen molar-refractivity contribution >= 4 is 28.4 Å². The SMILES string of the molecule is CC(C)C[C@H](N[C@H]1COCC1=O)C(=O)NC(=O)c1ccc2ccccc2c1. The fourth-order valence-electron chi connectivity index (χ4n) is 3.18. The van der Waals surface area contributed by atoms with E-state index >= 15 is 0 Å². The molecule has 1 heterocycles. The summed E-state index contributed by atoms with van der Waals surface area (Å²) < 4.78 is 5.14. The molecule has 1 aliphatic heterocycles. The molecule has 27 heavy (non-hydrogen) atoms. The van der Waals surface area contributed by atoms with E-state index < -0.39 is 23.9 Å². The van der Waals surface area contributed by atoms with E-state index in [-0.39, 0.29) is 24.9 Å². The van der Waals surface area contributed by atoms with E-state index in [1.807, 2.05) is 44.2 Å². The number of imide groups is 1. The molecule has 0 bridgehead atoms. The lowest BCUT2D eigenvalue weighted by atomic mass is 10.0. The number of fused-ring (bicyclic) bond motifs is 1. The van der Waals surface area contributed by atoms with Gasteiger partial charge in [0.15, 0.2) is 5.78 Å². The molecule has 0 spiro atoms. The third-order valence-corrected chi connectivity index (χ3v) is 4.59. The molecule has 0 aliphatic carbocycles. The van der Waals surface area contributed by atoms with Gasteiger partial charge in [0, 0.05) is 5.56 Å². The number of benzene rings is 2. The van der Waals surface area contributed by atoms with Gasteiger partial charge in [0.2, 0.25) is 5.91 Å². The zero-order valence-corrected chi connectivity index (χ0v) is 15.5. The van der Waals surface area contributed by atoms with Crippen LogP contribution in [-0.2, 0) is 14.3 Å². The van der Waals surface area contributed by atoms with Crippen molar-refractivity contribution in [1.82, 2.24) is 10.6 Å². The number of ether oxygens (including phenoxy) is 1. The second-order valence-electron chi connectivity index (χ2n) is 7.26. The van der Waals surface area contributed by atoms with E-state index in [1.54, 1.807) is 12.1 Å². The van der Waals surface area contributed by atoms with Gasteiger partial charge in [-0.1, -0.05) is 44.2 Å². The van der Waals surface area contributed by atoms with Gasteiger partial charge in [0.1, 0.15) is 6.61 Å². The molecule has 2 aromatic rings. The van der Waals surface area contributed by atoms with Crippen molar-refractivity contribution in [1.29, 1.82) is 0 Å². The van der Waals surface area contributed by atoms with Crippen molar-refractivity contribution < 1.29 is 19.1 Å². The maximum Gasteiger partial charge on any atom is 0.257 e. The van der Waals surface area contributed by atoms with Gasteiger partial charge in [-0.15, -0.1) is 0 Å². The first-order valence-electron chi connectivity index (χ1n) is 9.14. The molecule has 0 unspecified atom stereocenters. The van der Waals surface area contributed by atoms with Gasteiger partial charge >= 0.3 is 0 Å². The zero-order chi connectivity index (χ0) is 19.4. The average molecular weight is 368 g/mol. The normalized spacial score (nSPS) is 18.0. The highest BCUT2D eigenvalue weighted by atomic mass is 16.5. The quantitative estimate of drug-likeness (QED) is 0.815. The Morgan fingerprint density at radius 3 is 2.56 bits per heavy atom. The predicted octanol–water partition coefficient (Wildman–Crippen LogP) is 2.07. The first-order valence-corrected chi connectivity index (χ1v) is 9.14. The lowest BCUT2D eigenvalue weighted by Gasteiger charge is -2.22. The number of hydrogen-bond donors (Lipinski definition) is 2. The minimum atomic E-state index is -0.634. The summed E-state index contributed by atoms with van der Waals surface area (Å²) in [5.41, 5.74) is 0.422. The van der Waals surface area contributed by atoms with Crippen LogP contribution in [0, 0.1) is 5.92 Å². The van der Waals surface area contributed by atoms with Crippen molar-refractivity contribution in [2.24, 2.45) is 5.92 Å². The Labute approximate surface area is 158 Å². The summed E-state index contributed by atoms with van der Waals surface area (Å²) in [6, 6.07) is 11.9. The molecule has 3 rings (SSSR count). The molecule has 2 atom stereocenters. The highest BCUT2D eigenvalue weighted by Gasteiger charge is 2.31. The number of carbonyl (C=O) groups is 3. The van der Waals surface area contributed by atoms with E-state index in [0.717, 1.165) is 10.8 Å². The molecule has 6 heteroatoms. The lowest BCUT2D eigenvalue weighted by Crippen LogP contribution is -2.52. The molecule has 0 saturated carbocycles. The van der Waals surface area contributed by atoms with Crippen molar-refractivity contribution in [3.63, 3.8) is 0 Å². The second-order valence-corrected chi connectivity index (χ2v) is 7.26. The Morgan fingerprint density at radius 1 is 1.15 bits per heavy atom. The summed E-state index contributed by atoms with van der Waals surface area (Å²) in [4.78, 5) is 37.0. The molecule has 2 amide bonds. The number of rotatable bonds is 6. The highest BCUT2D eigenvalue weighted by Crippen LogP contribution is 2.16. The minimum Gasteiger partial charge on any atom is -0.372 e. The smallest absolute Gasteiger partial charge is 0.257 e. The topological polar surface area (TPSA) is 84.5 Å². The number of carbonyl (C=O) groups excluding carboxylic acids is 3. The van der Waals surface area contributed by atoms with Crippen LogP contribution in [0.5, 0.6) is 0 Å². The van der Waals surface area contributed by atoms with Crippen LogP contribution in [0.1, 0.15) is 30.6 Å². The van der Waals surface area contributed by atoms with E-state index in [4.69, 9.17) is 4.74 Å². The Balaban J connectivity index is 1.70. The number of amides is 2. The third kappa shape index (κ3) is 4.78. The van der Waals surface area contributed by atoms with Crippen LogP contribution in [0.25, 0.3) is 10.8 Å².